The SMILES string of the molecule is O=C1CCCc2cc(C(O)C3CCCCC3)ccc2N1. The number of hydrogen-bond donors (Lipinski definition) is 2. The molecule has 1 amide bonds. The van der Waals surface area contributed by atoms with Crippen molar-refractivity contribution in [1.82, 2.24) is 0 Å². The van der Waals surface area contributed by atoms with Gasteiger partial charge in [-0.25, -0.2) is 0 Å². The van der Waals surface area contributed by atoms with E-state index in [-0.39, 0.29) is 12.0 Å². The third-order valence-electron chi connectivity index (χ3n) is 4.69. The van der Waals surface area contributed by atoms with Crippen molar-refractivity contribution in [3.05, 3.63) is 29.3 Å². The van der Waals surface area contributed by atoms with Gasteiger partial charge in [-0.1, -0.05) is 31.4 Å². The van der Waals surface area contributed by atoms with Crippen LogP contribution in [0.4, 0.5) is 5.69 Å². The summed E-state index contributed by atoms with van der Waals surface area (Å²) in [6, 6.07) is 6.03. The molecule has 1 atom stereocenters. The van der Waals surface area contributed by atoms with E-state index in [0.717, 1.165) is 36.9 Å². The lowest BCUT2D eigenvalue weighted by Crippen LogP contribution is -2.16. The lowest BCUT2D eigenvalue weighted by molar-refractivity contribution is -0.116. The Morgan fingerprint density at radius 2 is 1.90 bits per heavy atom. The van der Waals surface area contributed by atoms with Crippen LogP contribution in [0, 0.1) is 5.92 Å². The van der Waals surface area contributed by atoms with E-state index in [9.17, 15) is 9.90 Å². The number of hydrogen-bond acceptors (Lipinski definition) is 2. The number of aryl methyl sites for hydroxylation is 1. The molecule has 1 fully saturated rings. The van der Waals surface area contributed by atoms with E-state index in [4.69, 9.17) is 0 Å². The molecule has 0 saturated heterocycles. The fourth-order valence-electron chi connectivity index (χ4n) is 3.50. The van der Waals surface area contributed by atoms with E-state index in [1.165, 1.54) is 24.8 Å². The second-order valence-corrected chi connectivity index (χ2v) is 6.16. The van der Waals surface area contributed by atoms with Crippen molar-refractivity contribution in [2.45, 2.75) is 57.5 Å². The van der Waals surface area contributed by atoms with Gasteiger partial charge in [-0.3, -0.25) is 4.79 Å². The first-order valence-electron chi connectivity index (χ1n) is 7.85. The molecule has 20 heavy (non-hydrogen) atoms. The highest BCUT2D eigenvalue weighted by molar-refractivity contribution is 5.92. The van der Waals surface area contributed by atoms with Crippen molar-refractivity contribution in [3.63, 3.8) is 0 Å². The van der Waals surface area contributed by atoms with E-state index in [2.05, 4.69) is 11.4 Å². The van der Waals surface area contributed by atoms with Crippen molar-refractivity contribution in [1.29, 1.82) is 0 Å². The first kappa shape index (κ1) is 13.6. The Hall–Kier alpha value is -1.35. The monoisotopic (exact) mass is 273 g/mol. The molecule has 1 unspecified atom stereocenters. The maximum atomic E-state index is 11.6. The quantitative estimate of drug-likeness (QED) is 0.865. The van der Waals surface area contributed by atoms with Gasteiger partial charge in [-0.05, 0) is 48.8 Å². The Bertz CT molecular complexity index is 492. The number of anilines is 1. The zero-order valence-electron chi connectivity index (χ0n) is 11.9. The molecule has 0 bridgehead atoms. The van der Waals surface area contributed by atoms with Crippen molar-refractivity contribution >= 4 is 11.6 Å². The minimum absolute atomic E-state index is 0.101. The molecule has 2 N–H and O–H groups in total. The van der Waals surface area contributed by atoms with Gasteiger partial charge in [0.2, 0.25) is 5.91 Å². The second kappa shape index (κ2) is 5.96. The lowest BCUT2D eigenvalue weighted by atomic mass is 9.82. The third kappa shape index (κ3) is 2.88. The van der Waals surface area contributed by atoms with Gasteiger partial charge in [0.15, 0.2) is 0 Å². The van der Waals surface area contributed by atoms with E-state index in [1.807, 2.05) is 12.1 Å². The highest BCUT2D eigenvalue weighted by Gasteiger charge is 2.24. The van der Waals surface area contributed by atoms with E-state index < -0.39 is 0 Å². The predicted octanol–water partition coefficient (Wildman–Crippen LogP) is 3.58. The number of amides is 1. The van der Waals surface area contributed by atoms with Crippen molar-refractivity contribution in [3.8, 4) is 0 Å². The molecule has 0 radical (unpaired) electrons. The topological polar surface area (TPSA) is 49.3 Å². The Morgan fingerprint density at radius 1 is 1.10 bits per heavy atom. The molecule has 108 valence electrons. The summed E-state index contributed by atoms with van der Waals surface area (Å²) >= 11 is 0. The van der Waals surface area contributed by atoms with Gasteiger partial charge in [0.1, 0.15) is 0 Å². The minimum atomic E-state index is -0.348. The first-order valence-corrected chi connectivity index (χ1v) is 7.85. The number of aliphatic hydroxyl groups excluding tert-OH is 1. The van der Waals surface area contributed by atoms with Crippen molar-refractivity contribution in [2.75, 3.05) is 5.32 Å². The van der Waals surface area contributed by atoms with Gasteiger partial charge < -0.3 is 10.4 Å². The van der Waals surface area contributed by atoms with Gasteiger partial charge in [-0.15, -0.1) is 0 Å². The van der Waals surface area contributed by atoms with Crippen LogP contribution in [-0.2, 0) is 11.2 Å². The second-order valence-electron chi connectivity index (χ2n) is 6.16. The molecular weight excluding hydrogens is 250 g/mol. The maximum Gasteiger partial charge on any atom is 0.224 e. The highest BCUT2D eigenvalue weighted by atomic mass is 16.3. The molecule has 3 rings (SSSR count). The molecular formula is C17H23NO2. The fourth-order valence-corrected chi connectivity index (χ4v) is 3.50. The third-order valence-corrected chi connectivity index (χ3v) is 4.69. The molecule has 1 aromatic rings. The Balaban J connectivity index is 1.80. The smallest absolute Gasteiger partial charge is 0.224 e. The number of fused-ring (bicyclic) bond motifs is 1. The summed E-state index contributed by atoms with van der Waals surface area (Å²) in [5, 5.41) is 13.5. The largest absolute Gasteiger partial charge is 0.388 e. The molecule has 1 aromatic carbocycles. The summed E-state index contributed by atoms with van der Waals surface area (Å²) < 4.78 is 0. The number of benzene rings is 1. The molecule has 0 spiro atoms. The van der Waals surface area contributed by atoms with E-state index in [1.54, 1.807) is 0 Å². The summed E-state index contributed by atoms with van der Waals surface area (Å²) in [4.78, 5) is 11.6. The first-order chi connectivity index (χ1) is 9.74. The van der Waals surface area contributed by atoms with Crippen molar-refractivity contribution < 1.29 is 9.90 Å². The van der Waals surface area contributed by atoms with Gasteiger partial charge in [0.25, 0.3) is 0 Å². The van der Waals surface area contributed by atoms with Crippen LogP contribution in [0.1, 0.15) is 62.2 Å². The molecule has 1 heterocycles. The van der Waals surface area contributed by atoms with Gasteiger partial charge in [0.05, 0.1) is 6.10 Å². The van der Waals surface area contributed by atoms with Crippen molar-refractivity contribution in [2.24, 2.45) is 5.92 Å². The van der Waals surface area contributed by atoms with Gasteiger partial charge >= 0.3 is 0 Å². The molecule has 3 nitrogen and oxygen atoms in total. The lowest BCUT2D eigenvalue weighted by Gasteiger charge is -2.27. The van der Waals surface area contributed by atoms with Crippen LogP contribution in [0.15, 0.2) is 18.2 Å². The number of rotatable bonds is 2. The summed E-state index contributed by atoms with van der Waals surface area (Å²) in [6.45, 7) is 0. The molecule has 1 saturated carbocycles. The van der Waals surface area contributed by atoms with E-state index in [0.29, 0.717) is 12.3 Å². The van der Waals surface area contributed by atoms with Crippen LogP contribution in [0.25, 0.3) is 0 Å². The van der Waals surface area contributed by atoms with E-state index >= 15 is 0 Å². The zero-order chi connectivity index (χ0) is 13.9. The molecule has 1 aliphatic carbocycles. The molecule has 3 heteroatoms. The average molecular weight is 273 g/mol. The Labute approximate surface area is 120 Å². The maximum absolute atomic E-state index is 11.6. The number of aliphatic hydroxyl groups is 1. The number of carbonyl (C=O) groups excluding carboxylic acids is 1. The Morgan fingerprint density at radius 3 is 2.70 bits per heavy atom. The Kier molecular flexibility index (Phi) is 4.06. The van der Waals surface area contributed by atoms with Crippen LogP contribution in [0.3, 0.4) is 0 Å². The summed E-state index contributed by atoms with van der Waals surface area (Å²) in [5.41, 5.74) is 3.11. The molecule has 1 aliphatic heterocycles. The van der Waals surface area contributed by atoms with Crippen LogP contribution in [-0.4, -0.2) is 11.0 Å². The van der Waals surface area contributed by atoms with Gasteiger partial charge in [0, 0.05) is 12.1 Å². The van der Waals surface area contributed by atoms with Crippen LogP contribution < -0.4 is 5.32 Å². The predicted molar refractivity (Wildman–Crippen MR) is 79.5 cm³/mol. The van der Waals surface area contributed by atoms with Crippen LogP contribution >= 0.6 is 0 Å². The average Bonchev–Trinajstić information content (AvgIpc) is 2.67. The van der Waals surface area contributed by atoms with Crippen LogP contribution in [0.2, 0.25) is 0 Å². The summed E-state index contributed by atoms with van der Waals surface area (Å²) in [7, 11) is 0. The summed E-state index contributed by atoms with van der Waals surface area (Å²) in [6.07, 6.45) is 8.10. The number of nitrogens with one attached hydrogen (secondary N) is 1. The van der Waals surface area contributed by atoms with Crippen LogP contribution in [0.5, 0.6) is 0 Å². The normalized spacial score (nSPS) is 21.8. The zero-order valence-corrected chi connectivity index (χ0v) is 11.9. The highest BCUT2D eigenvalue weighted by Crippen LogP contribution is 2.36. The fraction of sp³-hybridized carbons (Fsp3) is 0.588. The molecule has 0 aromatic heterocycles. The summed E-state index contributed by atoms with van der Waals surface area (Å²) in [5.74, 6) is 0.506. The number of carbonyl (C=O) groups is 1. The molecule has 2 aliphatic rings. The van der Waals surface area contributed by atoms with Gasteiger partial charge in [-0.2, -0.15) is 0 Å². The standard InChI is InChI=1S/C17H23NO2/c19-16-8-4-7-13-11-14(9-10-15(13)18-16)17(20)12-5-2-1-3-6-12/h9-12,17,20H,1-8H2,(H,18,19). The minimum Gasteiger partial charge on any atom is -0.388 e.